The Bertz CT molecular complexity index is 1110. The van der Waals surface area contributed by atoms with Crippen LogP contribution in [0.25, 0.3) is 20.4 Å². The highest BCUT2D eigenvalue weighted by atomic mass is 32.1. The minimum Gasteiger partial charge on any atom is -0.375 e. The number of rotatable bonds is 2. The van der Waals surface area contributed by atoms with E-state index in [4.69, 9.17) is 10.7 Å². The molecule has 1 aliphatic heterocycles. The van der Waals surface area contributed by atoms with Crippen molar-refractivity contribution in [3.63, 3.8) is 0 Å². The van der Waals surface area contributed by atoms with Crippen LogP contribution < -0.4 is 10.6 Å². The van der Waals surface area contributed by atoms with Gasteiger partial charge in [0.1, 0.15) is 0 Å². The quantitative estimate of drug-likeness (QED) is 0.563. The summed E-state index contributed by atoms with van der Waals surface area (Å²) in [6, 6.07) is 13.8. The van der Waals surface area contributed by atoms with Crippen LogP contribution in [0.15, 0.2) is 42.5 Å². The summed E-state index contributed by atoms with van der Waals surface area (Å²) in [5.41, 5.74) is 8.25. The van der Waals surface area contributed by atoms with Gasteiger partial charge in [0.25, 0.3) is 5.91 Å². The molecule has 3 heterocycles. The van der Waals surface area contributed by atoms with Gasteiger partial charge in [0.2, 0.25) is 0 Å². The molecule has 1 aliphatic rings. The van der Waals surface area contributed by atoms with Crippen LogP contribution in [0.5, 0.6) is 0 Å². The van der Waals surface area contributed by atoms with Gasteiger partial charge in [-0.3, -0.25) is 4.79 Å². The van der Waals surface area contributed by atoms with Gasteiger partial charge >= 0.3 is 0 Å². The SMILES string of the molecule is Nc1nc2cc(C(=O)N3CCN(c4nc5ccccc5s4)CC3)ccc2s1. The van der Waals surface area contributed by atoms with Crippen molar-refractivity contribution in [3.8, 4) is 0 Å². The van der Waals surface area contributed by atoms with Crippen LogP contribution in [0.1, 0.15) is 10.4 Å². The number of aromatic nitrogens is 2. The highest BCUT2D eigenvalue weighted by Gasteiger charge is 2.24. The zero-order chi connectivity index (χ0) is 18.4. The number of amides is 1. The Kier molecular flexibility index (Phi) is 3.95. The van der Waals surface area contributed by atoms with Crippen LogP contribution in [0.3, 0.4) is 0 Å². The van der Waals surface area contributed by atoms with Gasteiger partial charge in [0.05, 0.1) is 20.4 Å². The third kappa shape index (κ3) is 3.00. The molecule has 6 nitrogen and oxygen atoms in total. The zero-order valence-corrected chi connectivity index (χ0v) is 16.1. The summed E-state index contributed by atoms with van der Waals surface area (Å²) < 4.78 is 2.20. The lowest BCUT2D eigenvalue weighted by Gasteiger charge is -2.34. The molecule has 1 saturated heterocycles. The smallest absolute Gasteiger partial charge is 0.254 e. The Morgan fingerprint density at radius 3 is 2.52 bits per heavy atom. The number of carbonyl (C=O) groups excluding carboxylic acids is 1. The van der Waals surface area contributed by atoms with Crippen LogP contribution >= 0.6 is 22.7 Å². The van der Waals surface area contributed by atoms with Crippen molar-refractivity contribution >= 4 is 59.3 Å². The minimum absolute atomic E-state index is 0.0485. The van der Waals surface area contributed by atoms with Crippen LogP contribution in [0.4, 0.5) is 10.3 Å². The maximum atomic E-state index is 12.9. The molecule has 0 unspecified atom stereocenters. The number of carbonyl (C=O) groups is 1. The van der Waals surface area contributed by atoms with Gasteiger partial charge in [-0.15, -0.1) is 0 Å². The lowest BCUT2D eigenvalue weighted by Crippen LogP contribution is -2.48. The van der Waals surface area contributed by atoms with Gasteiger partial charge in [-0.25, -0.2) is 9.97 Å². The monoisotopic (exact) mass is 395 g/mol. The van der Waals surface area contributed by atoms with Crippen molar-refractivity contribution in [1.82, 2.24) is 14.9 Å². The second kappa shape index (κ2) is 6.47. The number of thiazole rings is 2. The predicted molar refractivity (Wildman–Crippen MR) is 112 cm³/mol. The molecule has 4 aromatic rings. The van der Waals surface area contributed by atoms with E-state index in [9.17, 15) is 4.79 Å². The van der Waals surface area contributed by atoms with Crippen LogP contribution in [-0.4, -0.2) is 47.0 Å². The normalized spacial score (nSPS) is 15.0. The first kappa shape index (κ1) is 16.5. The number of hydrogen-bond acceptors (Lipinski definition) is 7. The first-order valence-electron chi connectivity index (χ1n) is 8.73. The fraction of sp³-hybridized carbons (Fsp3) is 0.211. The van der Waals surface area contributed by atoms with Gasteiger partial charge in [-0.2, -0.15) is 0 Å². The molecule has 8 heteroatoms. The van der Waals surface area contributed by atoms with E-state index in [0.29, 0.717) is 23.8 Å². The molecule has 0 aliphatic carbocycles. The van der Waals surface area contributed by atoms with Crippen molar-refractivity contribution in [2.75, 3.05) is 36.8 Å². The number of nitrogen functional groups attached to an aromatic ring is 1. The molecular weight excluding hydrogens is 378 g/mol. The largest absolute Gasteiger partial charge is 0.375 e. The summed E-state index contributed by atoms with van der Waals surface area (Å²) in [5, 5.41) is 1.56. The fourth-order valence-electron chi connectivity index (χ4n) is 3.36. The fourth-order valence-corrected chi connectivity index (χ4v) is 5.09. The Balaban J connectivity index is 1.30. The number of hydrogen-bond donors (Lipinski definition) is 1. The molecule has 136 valence electrons. The van der Waals surface area contributed by atoms with Crippen molar-refractivity contribution in [2.45, 2.75) is 0 Å². The second-order valence-electron chi connectivity index (χ2n) is 6.48. The van der Waals surface area contributed by atoms with Crippen LogP contribution in [0.2, 0.25) is 0 Å². The number of nitrogens with zero attached hydrogens (tertiary/aromatic N) is 4. The standard InChI is InChI=1S/C19H17N5OS2/c20-18-21-14-11-12(5-6-16(14)26-18)17(25)23-7-9-24(10-8-23)19-22-13-3-1-2-4-15(13)27-19/h1-6,11H,7-10H2,(H2,20,21). The Morgan fingerprint density at radius 2 is 1.70 bits per heavy atom. The first-order chi connectivity index (χ1) is 13.2. The minimum atomic E-state index is 0.0485. The van der Waals surface area contributed by atoms with Crippen molar-refractivity contribution in [3.05, 3.63) is 48.0 Å². The van der Waals surface area contributed by atoms with Crippen LogP contribution in [-0.2, 0) is 0 Å². The summed E-state index contributed by atoms with van der Waals surface area (Å²) in [7, 11) is 0. The molecule has 1 fully saturated rings. The van der Waals surface area contributed by atoms with Crippen molar-refractivity contribution in [1.29, 1.82) is 0 Å². The van der Waals surface area contributed by atoms with E-state index >= 15 is 0 Å². The van der Waals surface area contributed by atoms with E-state index < -0.39 is 0 Å². The highest BCUT2D eigenvalue weighted by molar-refractivity contribution is 7.22. The van der Waals surface area contributed by atoms with Crippen molar-refractivity contribution in [2.24, 2.45) is 0 Å². The van der Waals surface area contributed by atoms with Gasteiger partial charge in [-0.05, 0) is 30.3 Å². The Hall–Kier alpha value is -2.71. The van der Waals surface area contributed by atoms with Crippen LogP contribution in [0, 0.1) is 0 Å². The van der Waals surface area contributed by atoms with E-state index in [0.717, 1.165) is 34.0 Å². The third-order valence-electron chi connectivity index (χ3n) is 4.77. The maximum Gasteiger partial charge on any atom is 0.254 e. The summed E-state index contributed by atoms with van der Waals surface area (Å²) in [6.07, 6.45) is 0. The van der Waals surface area contributed by atoms with E-state index in [-0.39, 0.29) is 5.91 Å². The zero-order valence-electron chi connectivity index (χ0n) is 14.5. The summed E-state index contributed by atoms with van der Waals surface area (Å²) in [6.45, 7) is 2.95. The van der Waals surface area contributed by atoms with E-state index in [1.165, 1.54) is 16.0 Å². The summed E-state index contributed by atoms with van der Waals surface area (Å²) in [4.78, 5) is 26.0. The topological polar surface area (TPSA) is 75.3 Å². The summed E-state index contributed by atoms with van der Waals surface area (Å²) >= 11 is 3.14. The molecule has 5 rings (SSSR count). The molecular formula is C19H17N5OS2. The lowest BCUT2D eigenvalue weighted by molar-refractivity contribution is 0.0747. The first-order valence-corrected chi connectivity index (χ1v) is 10.4. The molecule has 2 N–H and O–H groups in total. The van der Waals surface area contributed by atoms with Gasteiger partial charge in [0, 0.05) is 31.7 Å². The molecule has 0 bridgehead atoms. The van der Waals surface area contributed by atoms with E-state index in [1.54, 1.807) is 11.3 Å². The number of nitrogens with two attached hydrogens (primary N) is 1. The number of fused-ring (bicyclic) bond motifs is 2. The predicted octanol–water partition coefficient (Wildman–Crippen LogP) is 3.45. The Labute approximate surface area is 163 Å². The number of piperazine rings is 1. The molecule has 2 aromatic heterocycles. The molecule has 0 radical (unpaired) electrons. The van der Waals surface area contributed by atoms with Crippen molar-refractivity contribution < 1.29 is 4.79 Å². The average molecular weight is 396 g/mol. The molecule has 2 aromatic carbocycles. The molecule has 0 spiro atoms. The summed E-state index contributed by atoms with van der Waals surface area (Å²) in [5.74, 6) is 0.0485. The number of benzene rings is 2. The highest BCUT2D eigenvalue weighted by Crippen LogP contribution is 2.29. The Morgan fingerprint density at radius 1 is 0.926 bits per heavy atom. The van der Waals surface area contributed by atoms with Gasteiger partial charge in [0.15, 0.2) is 10.3 Å². The maximum absolute atomic E-state index is 12.9. The molecule has 1 amide bonds. The van der Waals surface area contributed by atoms with E-state index in [1.807, 2.05) is 41.3 Å². The van der Waals surface area contributed by atoms with Gasteiger partial charge in [-0.1, -0.05) is 34.8 Å². The number of anilines is 2. The van der Waals surface area contributed by atoms with Gasteiger partial charge < -0.3 is 15.5 Å². The second-order valence-corrected chi connectivity index (χ2v) is 8.55. The molecule has 0 saturated carbocycles. The average Bonchev–Trinajstić information content (AvgIpc) is 3.29. The third-order valence-corrected chi connectivity index (χ3v) is 6.73. The van der Waals surface area contributed by atoms with E-state index in [2.05, 4.69) is 16.0 Å². The molecule has 0 atom stereocenters. The molecule has 27 heavy (non-hydrogen) atoms. The lowest BCUT2D eigenvalue weighted by atomic mass is 10.1. The number of para-hydroxylation sites is 1.